The number of nitrogens with one attached hydrogen (secondary N) is 2. The van der Waals surface area contributed by atoms with Gasteiger partial charge in [0.25, 0.3) is 5.91 Å². The Morgan fingerprint density at radius 3 is 2.90 bits per heavy atom. The number of aromatic nitrogens is 3. The van der Waals surface area contributed by atoms with Gasteiger partial charge in [0.15, 0.2) is 0 Å². The minimum Gasteiger partial charge on any atom is -0.322 e. The molecular formula is C15H13BrN4O. The lowest BCUT2D eigenvalue weighted by Gasteiger charge is -2.10. The summed E-state index contributed by atoms with van der Waals surface area (Å²) in [5.74, 6) is -0.198. The lowest BCUT2D eigenvalue weighted by Crippen LogP contribution is -2.14. The summed E-state index contributed by atoms with van der Waals surface area (Å²) in [6, 6.07) is 11.3. The summed E-state index contributed by atoms with van der Waals surface area (Å²) in [6.07, 6.45) is 0.855. The van der Waals surface area contributed by atoms with Crippen molar-refractivity contribution in [2.24, 2.45) is 0 Å². The number of fused-ring (bicyclic) bond motifs is 1. The Balaban J connectivity index is 1.99. The number of aromatic amines is 1. The average molecular weight is 345 g/mol. The van der Waals surface area contributed by atoms with Crippen LogP contribution in [-0.4, -0.2) is 21.3 Å². The van der Waals surface area contributed by atoms with Crippen LogP contribution < -0.4 is 5.32 Å². The first-order valence-electron chi connectivity index (χ1n) is 6.58. The Labute approximate surface area is 129 Å². The molecule has 2 N–H and O–H groups in total. The zero-order valence-corrected chi connectivity index (χ0v) is 12.9. The van der Waals surface area contributed by atoms with Gasteiger partial charge in [0, 0.05) is 10.2 Å². The highest BCUT2D eigenvalue weighted by molar-refractivity contribution is 9.10. The van der Waals surface area contributed by atoms with Crippen molar-refractivity contribution < 1.29 is 4.79 Å². The lowest BCUT2D eigenvalue weighted by molar-refractivity contribution is 0.102. The van der Waals surface area contributed by atoms with E-state index in [0.717, 1.165) is 22.1 Å². The van der Waals surface area contributed by atoms with Crippen molar-refractivity contribution in [1.29, 1.82) is 0 Å². The molecule has 0 aliphatic carbocycles. The van der Waals surface area contributed by atoms with E-state index in [-0.39, 0.29) is 5.91 Å². The number of amides is 1. The van der Waals surface area contributed by atoms with E-state index in [1.165, 1.54) is 0 Å². The van der Waals surface area contributed by atoms with Crippen LogP contribution in [0.15, 0.2) is 40.9 Å². The van der Waals surface area contributed by atoms with Crippen LogP contribution in [0.5, 0.6) is 0 Å². The van der Waals surface area contributed by atoms with Crippen molar-refractivity contribution in [3.8, 4) is 0 Å². The average Bonchev–Trinajstić information content (AvgIpc) is 2.94. The van der Waals surface area contributed by atoms with Crippen LogP contribution in [0.1, 0.15) is 22.8 Å². The van der Waals surface area contributed by atoms with Gasteiger partial charge in [-0.3, -0.25) is 4.79 Å². The highest BCUT2D eigenvalue weighted by atomic mass is 79.9. The maximum Gasteiger partial charge on any atom is 0.258 e. The fourth-order valence-corrected chi connectivity index (χ4v) is 2.68. The quantitative estimate of drug-likeness (QED) is 0.763. The molecule has 21 heavy (non-hydrogen) atoms. The number of carbonyl (C=O) groups is 1. The maximum absolute atomic E-state index is 12.5. The molecular weight excluding hydrogens is 332 g/mol. The molecule has 3 aromatic rings. The number of aryl methyl sites for hydroxylation is 1. The van der Waals surface area contributed by atoms with Crippen LogP contribution in [-0.2, 0) is 6.42 Å². The number of anilines is 1. The molecule has 0 aliphatic rings. The fraction of sp³-hybridized carbons (Fsp3) is 0.133. The van der Waals surface area contributed by atoms with Gasteiger partial charge in [0.1, 0.15) is 11.0 Å². The first-order chi connectivity index (χ1) is 10.2. The zero-order chi connectivity index (χ0) is 14.8. The molecule has 3 rings (SSSR count). The molecule has 1 amide bonds. The van der Waals surface area contributed by atoms with Crippen LogP contribution >= 0.6 is 15.9 Å². The van der Waals surface area contributed by atoms with Crippen molar-refractivity contribution in [2.45, 2.75) is 13.3 Å². The Kier molecular flexibility index (Phi) is 3.70. The summed E-state index contributed by atoms with van der Waals surface area (Å²) in [7, 11) is 0. The van der Waals surface area contributed by atoms with Gasteiger partial charge >= 0.3 is 0 Å². The molecule has 0 spiro atoms. The predicted molar refractivity (Wildman–Crippen MR) is 85.4 cm³/mol. The molecule has 0 fully saturated rings. The van der Waals surface area contributed by atoms with Crippen LogP contribution in [0.3, 0.4) is 0 Å². The molecule has 2 aromatic carbocycles. The highest BCUT2D eigenvalue weighted by Crippen LogP contribution is 2.23. The van der Waals surface area contributed by atoms with Gasteiger partial charge in [-0.2, -0.15) is 15.4 Å². The van der Waals surface area contributed by atoms with Crippen LogP contribution in [0, 0.1) is 0 Å². The van der Waals surface area contributed by atoms with E-state index in [0.29, 0.717) is 16.6 Å². The third-order valence-corrected chi connectivity index (χ3v) is 3.74. The second-order valence-corrected chi connectivity index (χ2v) is 5.53. The van der Waals surface area contributed by atoms with Crippen molar-refractivity contribution in [1.82, 2.24) is 15.4 Å². The van der Waals surface area contributed by atoms with Gasteiger partial charge in [-0.05, 0) is 30.2 Å². The van der Waals surface area contributed by atoms with Gasteiger partial charge in [-0.25, -0.2) is 0 Å². The number of rotatable bonds is 3. The molecule has 0 bridgehead atoms. The number of H-pyrrole nitrogens is 1. The van der Waals surface area contributed by atoms with Crippen molar-refractivity contribution in [3.63, 3.8) is 0 Å². The van der Waals surface area contributed by atoms with Crippen molar-refractivity contribution >= 4 is 38.6 Å². The molecule has 0 aliphatic heterocycles. The summed E-state index contributed by atoms with van der Waals surface area (Å²) in [5.41, 5.74) is 3.61. The zero-order valence-electron chi connectivity index (χ0n) is 11.4. The highest BCUT2D eigenvalue weighted by Gasteiger charge is 2.15. The third-order valence-electron chi connectivity index (χ3n) is 3.28. The SMILES string of the molecule is CCc1ccccc1NC(=O)c1cc(Br)cc2n[nH]nc12. The normalized spacial score (nSPS) is 10.8. The van der Waals surface area contributed by atoms with E-state index >= 15 is 0 Å². The number of carbonyl (C=O) groups excluding carboxylic acids is 1. The topological polar surface area (TPSA) is 70.7 Å². The Bertz CT molecular complexity index is 812. The second kappa shape index (κ2) is 5.65. The molecule has 1 aromatic heterocycles. The number of para-hydroxylation sites is 1. The van der Waals surface area contributed by atoms with E-state index in [1.54, 1.807) is 6.07 Å². The molecule has 1 heterocycles. The lowest BCUT2D eigenvalue weighted by atomic mass is 10.1. The summed E-state index contributed by atoms with van der Waals surface area (Å²) in [5, 5.41) is 13.6. The van der Waals surface area contributed by atoms with E-state index in [4.69, 9.17) is 0 Å². The molecule has 0 saturated carbocycles. The second-order valence-electron chi connectivity index (χ2n) is 4.61. The van der Waals surface area contributed by atoms with Gasteiger partial charge < -0.3 is 5.32 Å². The number of hydrogen-bond donors (Lipinski definition) is 2. The number of nitrogens with zero attached hydrogens (tertiary/aromatic N) is 2. The first kappa shape index (κ1) is 13.8. The molecule has 0 radical (unpaired) electrons. The van der Waals surface area contributed by atoms with Crippen LogP contribution in [0.4, 0.5) is 5.69 Å². The molecule has 5 nitrogen and oxygen atoms in total. The number of halogens is 1. The van der Waals surface area contributed by atoms with Gasteiger partial charge in [0.05, 0.1) is 5.56 Å². The van der Waals surface area contributed by atoms with Gasteiger partial charge in [-0.1, -0.05) is 41.1 Å². The van der Waals surface area contributed by atoms with E-state index in [9.17, 15) is 4.79 Å². The Morgan fingerprint density at radius 2 is 2.10 bits per heavy atom. The molecule has 0 unspecified atom stereocenters. The third kappa shape index (κ3) is 2.67. The first-order valence-corrected chi connectivity index (χ1v) is 7.37. The summed E-state index contributed by atoms with van der Waals surface area (Å²) in [6.45, 7) is 2.06. The Hall–Kier alpha value is -2.21. The summed E-state index contributed by atoms with van der Waals surface area (Å²) >= 11 is 3.39. The molecule has 6 heteroatoms. The van der Waals surface area contributed by atoms with Gasteiger partial charge in [0.2, 0.25) is 0 Å². The summed E-state index contributed by atoms with van der Waals surface area (Å²) < 4.78 is 0.790. The van der Waals surface area contributed by atoms with E-state index in [1.807, 2.05) is 30.3 Å². The van der Waals surface area contributed by atoms with Crippen molar-refractivity contribution in [3.05, 3.63) is 52.0 Å². The van der Waals surface area contributed by atoms with Crippen LogP contribution in [0.2, 0.25) is 0 Å². The fourth-order valence-electron chi connectivity index (χ4n) is 2.23. The minimum atomic E-state index is -0.198. The Morgan fingerprint density at radius 1 is 1.29 bits per heavy atom. The summed E-state index contributed by atoms with van der Waals surface area (Å²) in [4.78, 5) is 12.5. The molecule has 106 valence electrons. The molecule has 0 saturated heterocycles. The smallest absolute Gasteiger partial charge is 0.258 e. The van der Waals surface area contributed by atoms with E-state index < -0.39 is 0 Å². The number of hydrogen-bond acceptors (Lipinski definition) is 3. The van der Waals surface area contributed by atoms with Gasteiger partial charge in [-0.15, -0.1) is 0 Å². The van der Waals surface area contributed by atoms with Crippen LogP contribution in [0.25, 0.3) is 11.0 Å². The monoisotopic (exact) mass is 344 g/mol. The van der Waals surface area contributed by atoms with E-state index in [2.05, 4.69) is 43.6 Å². The maximum atomic E-state index is 12.5. The molecule has 0 atom stereocenters. The predicted octanol–water partition coefficient (Wildman–Crippen LogP) is 3.54. The standard InChI is InChI=1S/C15H13BrN4O/c1-2-9-5-3-4-6-12(9)17-15(21)11-7-10(16)8-13-14(11)19-20-18-13/h3-8H,2H2,1H3,(H,17,21)(H,18,19,20). The minimum absolute atomic E-state index is 0.198. The largest absolute Gasteiger partial charge is 0.322 e. The van der Waals surface area contributed by atoms with Crippen molar-refractivity contribution in [2.75, 3.05) is 5.32 Å². The number of benzene rings is 2.